The molecule has 0 fully saturated rings. The first-order valence-corrected chi connectivity index (χ1v) is 9.58. The summed E-state index contributed by atoms with van der Waals surface area (Å²) in [5.74, 6) is 1.47. The van der Waals surface area contributed by atoms with Crippen molar-refractivity contribution < 1.29 is 4.42 Å². The van der Waals surface area contributed by atoms with E-state index in [0.717, 1.165) is 17.1 Å². The Labute approximate surface area is 160 Å². The van der Waals surface area contributed by atoms with E-state index in [1.165, 1.54) is 0 Å². The minimum absolute atomic E-state index is 0.484. The van der Waals surface area contributed by atoms with Gasteiger partial charge in [-0.2, -0.15) is 0 Å². The second-order valence-electron chi connectivity index (χ2n) is 5.46. The van der Waals surface area contributed by atoms with Crippen LogP contribution < -0.4 is 4.61 Å². The SMILES string of the molecule is Cc1ccc(-c2nc([As])nc3c2nnn3Cc2cccc(CBr)n2)o1. The van der Waals surface area contributed by atoms with E-state index >= 15 is 0 Å². The Morgan fingerprint density at radius 2 is 1.96 bits per heavy atom. The molecule has 9 heteroatoms. The summed E-state index contributed by atoms with van der Waals surface area (Å²) in [5.41, 5.74) is 3.77. The monoisotopic (exact) mass is 458 g/mol. The molecule has 0 aromatic carbocycles. The van der Waals surface area contributed by atoms with Gasteiger partial charge in [0.1, 0.15) is 0 Å². The number of hydrogen-bond donors (Lipinski definition) is 0. The van der Waals surface area contributed by atoms with Gasteiger partial charge in [-0.15, -0.1) is 0 Å². The molecule has 0 aliphatic heterocycles. The van der Waals surface area contributed by atoms with E-state index in [1.807, 2.05) is 37.3 Å². The van der Waals surface area contributed by atoms with Crippen molar-refractivity contribution in [2.75, 3.05) is 0 Å². The van der Waals surface area contributed by atoms with E-state index in [4.69, 9.17) is 4.42 Å². The Kier molecular flexibility index (Phi) is 4.39. The van der Waals surface area contributed by atoms with Crippen LogP contribution in [0.4, 0.5) is 0 Å². The van der Waals surface area contributed by atoms with Crippen LogP contribution in [0.5, 0.6) is 0 Å². The molecule has 7 nitrogen and oxygen atoms in total. The van der Waals surface area contributed by atoms with Crippen molar-refractivity contribution in [1.82, 2.24) is 29.9 Å². The zero-order chi connectivity index (χ0) is 17.4. The Hall–Kier alpha value is -2.05. The van der Waals surface area contributed by atoms with Crippen LogP contribution >= 0.6 is 15.9 Å². The predicted molar refractivity (Wildman–Crippen MR) is 96.9 cm³/mol. The standard InChI is InChI=1S/C16H12AsBrN6O/c1-9-5-6-12(25-9)13-14-15(21-16(17)20-13)24(23-22-14)8-11-4-2-3-10(7-18)19-11/h2-6H,7-8H2,1H3. The van der Waals surface area contributed by atoms with Crippen LogP contribution in [0.2, 0.25) is 0 Å². The number of hydrogen-bond acceptors (Lipinski definition) is 6. The number of rotatable bonds is 4. The fourth-order valence-electron chi connectivity index (χ4n) is 2.53. The number of alkyl halides is 1. The van der Waals surface area contributed by atoms with Gasteiger partial charge in [0.2, 0.25) is 0 Å². The molecule has 0 N–H and O–H groups in total. The van der Waals surface area contributed by atoms with Crippen LogP contribution in [0.3, 0.4) is 0 Å². The minimum atomic E-state index is 0.484. The molecule has 4 rings (SSSR count). The van der Waals surface area contributed by atoms with Crippen molar-refractivity contribution in [3.05, 3.63) is 47.5 Å². The van der Waals surface area contributed by atoms with Crippen molar-refractivity contribution in [3.8, 4) is 11.5 Å². The van der Waals surface area contributed by atoms with E-state index in [1.54, 1.807) is 4.68 Å². The Morgan fingerprint density at radius 3 is 2.72 bits per heavy atom. The Morgan fingerprint density at radius 1 is 1.12 bits per heavy atom. The van der Waals surface area contributed by atoms with E-state index < -0.39 is 0 Å². The maximum atomic E-state index is 5.70. The van der Waals surface area contributed by atoms with Crippen molar-refractivity contribution in [1.29, 1.82) is 0 Å². The number of nitrogens with zero attached hydrogens (tertiary/aromatic N) is 6. The molecule has 4 aromatic heterocycles. The molecule has 0 atom stereocenters. The third-order valence-electron chi connectivity index (χ3n) is 3.64. The summed E-state index contributed by atoms with van der Waals surface area (Å²) < 4.78 is 8.01. The average Bonchev–Trinajstić information content (AvgIpc) is 3.21. The molecule has 0 spiro atoms. The zero-order valence-electron chi connectivity index (χ0n) is 13.2. The van der Waals surface area contributed by atoms with Crippen LogP contribution in [-0.4, -0.2) is 46.8 Å². The van der Waals surface area contributed by atoms with Gasteiger partial charge in [-0.25, -0.2) is 0 Å². The van der Waals surface area contributed by atoms with Crippen LogP contribution in [-0.2, 0) is 11.9 Å². The molecule has 0 unspecified atom stereocenters. The first kappa shape index (κ1) is 16.4. The number of furan rings is 1. The van der Waals surface area contributed by atoms with Gasteiger partial charge in [-0.1, -0.05) is 0 Å². The molecule has 0 aliphatic carbocycles. The van der Waals surface area contributed by atoms with Crippen LogP contribution in [0, 0.1) is 6.92 Å². The van der Waals surface area contributed by atoms with Gasteiger partial charge >= 0.3 is 161 Å². The summed E-state index contributed by atoms with van der Waals surface area (Å²) in [7, 11) is 0. The van der Waals surface area contributed by atoms with Gasteiger partial charge < -0.3 is 0 Å². The van der Waals surface area contributed by atoms with Crippen molar-refractivity contribution in [2.45, 2.75) is 18.8 Å². The Bertz CT molecular complexity index is 1060. The van der Waals surface area contributed by atoms with Gasteiger partial charge in [-0.3, -0.25) is 0 Å². The normalized spacial score (nSPS) is 11.3. The van der Waals surface area contributed by atoms with Gasteiger partial charge in [-0.05, 0) is 0 Å². The molecular formula is C16H12AsBrN6O. The van der Waals surface area contributed by atoms with Gasteiger partial charge in [0.05, 0.1) is 0 Å². The zero-order valence-corrected chi connectivity index (χ0v) is 16.7. The first-order valence-electron chi connectivity index (χ1n) is 7.52. The van der Waals surface area contributed by atoms with E-state index in [2.05, 4.69) is 58.0 Å². The van der Waals surface area contributed by atoms with Crippen molar-refractivity contribution in [2.24, 2.45) is 0 Å². The number of aryl methyl sites for hydroxylation is 1. The van der Waals surface area contributed by atoms with Crippen LogP contribution in [0.15, 0.2) is 34.7 Å². The fourth-order valence-corrected chi connectivity index (χ4v) is 3.25. The quantitative estimate of drug-likeness (QED) is 0.343. The third-order valence-corrected chi connectivity index (χ3v) is 4.63. The second-order valence-corrected chi connectivity index (χ2v) is 6.86. The summed E-state index contributed by atoms with van der Waals surface area (Å²) in [6.45, 7) is 2.38. The molecule has 124 valence electrons. The molecule has 0 bridgehead atoms. The number of fused-ring (bicyclic) bond motifs is 1. The number of halogens is 1. The maximum absolute atomic E-state index is 5.70. The number of aromatic nitrogens is 6. The third kappa shape index (κ3) is 3.24. The molecule has 4 aromatic rings. The fraction of sp³-hybridized carbons (Fsp3) is 0.188. The molecule has 0 aliphatic rings. The van der Waals surface area contributed by atoms with Gasteiger partial charge in [0, 0.05) is 0 Å². The van der Waals surface area contributed by atoms with E-state index in [0.29, 0.717) is 39.1 Å². The average molecular weight is 459 g/mol. The first-order chi connectivity index (χ1) is 12.1. The summed E-state index contributed by atoms with van der Waals surface area (Å²) >= 11 is 5.78. The molecular weight excluding hydrogens is 447 g/mol. The van der Waals surface area contributed by atoms with E-state index in [-0.39, 0.29) is 0 Å². The molecule has 4 heterocycles. The van der Waals surface area contributed by atoms with Crippen LogP contribution in [0.25, 0.3) is 22.6 Å². The molecule has 2 radical (unpaired) electrons. The van der Waals surface area contributed by atoms with Gasteiger partial charge in [0.25, 0.3) is 0 Å². The number of pyridine rings is 1. The summed E-state index contributed by atoms with van der Waals surface area (Å²) in [6, 6.07) is 9.68. The van der Waals surface area contributed by atoms with Crippen LogP contribution in [0.1, 0.15) is 17.1 Å². The molecule has 0 amide bonds. The van der Waals surface area contributed by atoms with Crippen molar-refractivity contribution in [3.63, 3.8) is 0 Å². The van der Waals surface area contributed by atoms with E-state index in [9.17, 15) is 0 Å². The summed E-state index contributed by atoms with van der Waals surface area (Å²) in [6.07, 6.45) is 0. The van der Waals surface area contributed by atoms with Gasteiger partial charge in [0.15, 0.2) is 0 Å². The topological polar surface area (TPSA) is 82.5 Å². The summed E-state index contributed by atoms with van der Waals surface area (Å²) in [4.78, 5) is 13.5. The Balaban J connectivity index is 1.80. The molecule has 0 saturated heterocycles. The molecule has 25 heavy (non-hydrogen) atoms. The summed E-state index contributed by atoms with van der Waals surface area (Å²) in [5, 5.41) is 9.22. The molecule has 0 saturated carbocycles. The second kappa shape index (κ2) is 6.69. The van der Waals surface area contributed by atoms with Crippen molar-refractivity contribution >= 4 is 48.6 Å². The predicted octanol–water partition coefficient (Wildman–Crippen LogP) is 1.92.